The smallest absolute Gasteiger partial charge is 0.235 e. The quantitative estimate of drug-likeness (QED) is 0.831. The second-order valence-electron chi connectivity index (χ2n) is 4.31. The van der Waals surface area contributed by atoms with Crippen LogP contribution in [0.15, 0.2) is 24.3 Å². The number of nitrogens with one attached hydrogen (secondary N) is 1. The van der Waals surface area contributed by atoms with Crippen molar-refractivity contribution in [1.82, 2.24) is 5.32 Å². The van der Waals surface area contributed by atoms with Crippen LogP contribution < -0.4 is 10.1 Å². The van der Waals surface area contributed by atoms with Crippen molar-refractivity contribution < 1.29 is 13.7 Å². The van der Waals surface area contributed by atoms with Crippen molar-refractivity contribution in [2.75, 3.05) is 13.7 Å². The first-order valence-corrected chi connectivity index (χ1v) is 7.74. The molecule has 2 atom stereocenters. The minimum atomic E-state index is -1.23. The lowest BCUT2D eigenvalue weighted by molar-refractivity contribution is -0.120. The average molecular weight is 283 g/mol. The van der Waals surface area contributed by atoms with Crippen molar-refractivity contribution in [2.24, 2.45) is 0 Å². The van der Waals surface area contributed by atoms with Gasteiger partial charge in [-0.25, -0.2) is 0 Å². The number of ether oxygens (including phenoxy) is 1. The van der Waals surface area contributed by atoms with Crippen LogP contribution in [-0.4, -0.2) is 29.0 Å². The molecule has 0 saturated carbocycles. The molecule has 2 unspecified atom stereocenters. The van der Waals surface area contributed by atoms with Gasteiger partial charge in [-0.3, -0.25) is 9.00 Å². The van der Waals surface area contributed by atoms with E-state index in [2.05, 4.69) is 5.32 Å². The summed E-state index contributed by atoms with van der Waals surface area (Å²) >= 11 is 0. The normalized spacial score (nSPS) is 13.6. The Labute approximate surface area is 117 Å². The third kappa shape index (κ3) is 5.03. The van der Waals surface area contributed by atoms with Crippen molar-refractivity contribution >= 4 is 16.7 Å². The first kappa shape index (κ1) is 15.7. The van der Waals surface area contributed by atoms with Crippen LogP contribution in [0.4, 0.5) is 0 Å². The van der Waals surface area contributed by atoms with Crippen LogP contribution in [0.25, 0.3) is 0 Å². The summed E-state index contributed by atoms with van der Waals surface area (Å²) in [6.07, 6.45) is 0.876. The van der Waals surface area contributed by atoms with Gasteiger partial charge in [0.2, 0.25) is 5.91 Å². The summed E-state index contributed by atoms with van der Waals surface area (Å²) < 4.78 is 17.2. The predicted octanol–water partition coefficient (Wildman–Crippen LogP) is 1.86. The molecule has 4 nitrogen and oxygen atoms in total. The van der Waals surface area contributed by atoms with E-state index in [0.29, 0.717) is 12.3 Å². The highest BCUT2D eigenvalue weighted by molar-refractivity contribution is 7.85. The number of benzene rings is 1. The van der Waals surface area contributed by atoms with E-state index >= 15 is 0 Å². The average Bonchev–Trinajstić information content (AvgIpc) is 2.43. The van der Waals surface area contributed by atoms with E-state index in [-0.39, 0.29) is 5.91 Å². The molecular formula is C14H21NO3S. The summed E-state index contributed by atoms with van der Waals surface area (Å²) in [5.74, 6) is 0.943. The number of carbonyl (C=O) groups excluding carboxylic acids is 1. The molecule has 0 heterocycles. The van der Waals surface area contributed by atoms with Crippen LogP contribution in [0.5, 0.6) is 5.75 Å². The Morgan fingerprint density at radius 3 is 2.84 bits per heavy atom. The Balaban J connectivity index is 2.60. The van der Waals surface area contributed by atoms with Crippen molar-refractivity contribution in [2.45, 2.75) is 31.3 Å². The summed E-state index contributed by atoms with van der Waals surface area (Å²) in [5, 5.41) is 2.26. The molecule has 1 amide bonds. The predicted molar refractivity (Wildman–Crippen MR) is 77.6 cm³/mol. The molecule has 0 aliphatic heterocycles. The van der Waals surface area contributed by atoms with Gasteiger partial charge in [0.1, 0.15) is 11.0 Å². The number of amides is 1. The zero-order valence-electron chi connectivity index (χ0n) is 11.6. The fourth-order valence-electron chi connectivity index (χ4n) is 1.56. The molecule has 0 aromatic heterocycles. The molecule has 1 aromatic rings. The lowest BCUT2D eigenvalue weighted by Gasteiger charge is -2.12. The molecule has 1 N–H and O–H groups in total. The van der Waals surface area contributed by atoms with Gasteiger partial charge in [0, 0.05) is 23.1 Å². The lowest BCUT2D eigenvalue weighted by atomic mass is 10.2. The monoisotopic (exact) mass is 283 g/mol. The summed E-state index contributed by atoms with van der Waals surface area (Å²) in [4.78, 5) is 11.7. The maximum atomic E-state index is 12.1. The third-order valence-electron chi connectivity index (χ3n) is 2.76. The summed E-state index contributed by atoms with van der Waals surface area (Å²) in [6.45, 7) is 4.30. The number of hydrogen-bond acceptors (Lipinski definition) is 3. The van der Waals surface area contributed by atoms with Gasteiger partial charge in [-0.1, -0.05) is 19.1 Å². The van der Waals surface area contributed by atoms with Crippen LogP contribution in [0, 0.1) is 0 Å². The molecule has 0 aliphatic carbocycles. The minimum Gasteiger partial charge on any atom is -0.497 e. The second kappa shape index (κ2) is 7.94. The molecule has 106 valence electrons. The lowest BCUT2D eigenvalue weighted by Crippen LogP contribution is -2.36. The van der Waals surface area contributed by atoms with E-state index < -0.39 is 16.0 Å². The fraction of sp³-hybridized carbons (Fsp3) is 0.500. The molecule has 5 heteroatoms. The molecule has 0 spiro atoms. The van der Waals surface area contributed by atoms with Gasteiger partial charge in [0.25, 0.3) is 0 Å². The van der Waals surface area contributed by atoms with Crippen molar-refractivity contribution in [3.63, 3.8) is 0 Å². The van der Waals surface area contributed by atoms with Crippen LogP contribution in [0.2, 0.25) is 0 Å². The second-order valence-corrected chi connectivity index (χ2v) is 6.07. The first-order valence-electron chi connectivity index (χ1n) is 6.36. The topological polar surface area (TPSA) is 55.4 Å². The Kier molecular flexibility index (Phi) is 6.56. The van der Waals surface area contributed by atoms with Crippen molar-refractivity contribution in [3.05, 3.63) is 29.8 Å². The van der Waals surface area contributed by atoms with Crippen LogP contribution >= 0.6 is 0 Å². The summed E-state index contributed by atoms with van der Waals surface area (Å²) in [7, 11) is 0.367. The highest BCUT2D eigenvalue weighted by atomic mass is 32.2. The molecule has 1 rings (SSSR count). The maximum absolute atomic E-state index is 12.1. The Hall–Kier alpha value is -1.36. The van der Waals surface area contributed by atoms with Gasteiger partial charge in [-0.15, -0.1) is 0 Å². The molecule has 19 heavy (non-hydrogen) atoms. The molecule has 1 aromatic carbocycles. The van der Waals surface area contributed by atoms with Gasteiger partial charge < -0.3 is 10.1 Å². The zero-order valence-corrected chi connectivity index (χ0v) is 12.5. The number of hydrogen-bond donors (Lipinski definition) is 1. The SMILES string of the molecule is CCCNC(=O)C(C)S(=O)Cc1cccc(OC)c1. The van der Waals surface area contributed by atoms with Crippen molar-refractivity contribution in [1.29, 1.82) is 0 Å². The third-order valence-corrected chi connectivity index (χ3v) is 4.38. The van der Waals surface area contributed by atoms with Gasteiger partial charge in [0.05, 0.1) is 7.11 Å². The van der Waals surface area contributed by atoms with Gasteiger partial charge in [-0.05, 0) is 31.0 Å². The minimum absolute atomic E-state index is 0.150. The Bertz CT molecular complexity index is 448. The molecular weight excluding hydrogens is 262 g/mol. The zero-order chi connectivity index (χ0) is 14.3. The summed E-state index contributed by atoms with van der Waals surface area (Å²) in [5.41, 5.74) is 0.910. The molecule has 0 aliphatic rings. The van der Waals surface area contributed by atoms with E-state index in [1.807, 2.05) is 31.2 Å². The molecule has 0 radical (unpaired) electrons. The van der Waals surface area contributed by atoms with E-state index in [1.54, 1.807) is 14.0 Å². The molecule has 0 fully saturated rings. The Morgan fingerprint density at radius 2 is 2.21 bits per heavy atom. The van der Waals surface area contributed by atoms with E-state index in [4.69, 9.17) is 4.74 Å². The molecule has 0 bridgehead atoms. The molecule has 0 saturated heterocycles. The van der Waals surface area contributed by atoms with E-state index in [0.717, 1.165) is 17.7 Å². The largest absolute Gasteiger partial charge is 0.497 e. The fourth-order valence-corrected chi connectivity index (χ4v) is 2.64. The van der Waals surface area contributed by atoms with Crippen LogP contribution in [-0.2, 0) is 21.3 Å². The van der Waals surface area contributed by atoms with E-state index in [1.165, 1.54) is 0 Å². The standard InChI is InChI=1S/C14H21NO3S/c1-4-8-15-14(16)11(2)19(17)10-12-6-5-7-13(9-12)18-3/h5-7,9,11H,4,8,10H2,1-3H3,(H,15,16). The van der Waals surface area contributed by atoms with Gasteiger partial charge in [0.15, 0.2) is 0 Å². The highest BCUT2D eigenvalue weighted by Crippen LogP contribution is 2.15. The van der Waals surface area contributed by atoms with Crippen molar-refractivity contribution in [3.8, 4) is 5.75 Å². The summed E-state index contributed by atoms with van der Waals surface area (Å²) in [6, 6.07) is 7.42. The number of carbonyl (C=O) groups is 1. The maximum Gasteiger partial charge on any atom is 0.235 e. The van der Waals surface area contributed by atoms with E-state index in [9.17, 15) is 9.00 Å². The number of rotatable bonds is 7. The van der Waals surface area contributed by atoms with Gasteiger partial charge >= 0.3 is 0 Å². The van der Waals surface area contributed by atoms with Gasteiger partial charge in [-0.2, -0.15) is 0 Å². The van der Waals surface area contributed by atoms with Crippen LogP contribution in [0.3, 0.4) is 0 Å². The number of methoxy groups -OCH3 is 1. The highest BCUT2D eigenvalue weighted by Gasteiger charge is 2.19. The first-order chi connectivity index (χ1) is 9.08. The Morgan fingerprint density at radius 1 is 1.47 bits per heavy atom. The van der Waals surface area contributed by atoms with Crippen LogP contribution in [0.1, 0.15) is 25.8 Å².